The van der Waals surface area contributed by atoms with Crippen molar-refractivity contribution in [3.63, 3.8) is 0 Å². The van der Waals surface area contributed by atoms with Crippen molar-refractivity contribution < 1.29 is 0 Å². The number of fused-ring (bicyclic) bond motifs is 1. The van der Waals surface area contributed by atoms with E-state index in [0.29, 0.717) is 0 Å². The molecule has 3 rings (SSSR count). The topological polar surface area (TPSA) is 40.7 Å². The second kappa shape index (κ2) is 4.82. The first kappa shape index (κ1) is 11.3. The third kappa shape index (κ3) is 2.38. The summed E-state index contributed by atoms with van der Waals surface area (Å²) in [6.45, 7) is 0.752. The summed E-state index contributed by atoms with van der Waals surface area (Å²) in [6.07, 6.45) is 1.76. The van der Waals surface area contributed by atoms with E-state index >= 15 is 0 Å². The molecule has 3 nitrogen and oxygen atoms in total. The van der Waals surface area contributed by atoms with Gasteiger partial charge in [0.25, 0.3) is 0 Å². The van der Waals surface area contributed by atoms with E-state index in [9.17, 15) is 0 Å². The number of hydrogen-bond donors (Lipinski definition) is 2. The number of nitrogens with zero attached hydrogens (tertiary/aromatic N) is 1. The van der Waals surface area contributed by atoms with Gasteiger partial charge in [-0.15, -0.1) is 0 Å². The summed E-state index contributed by atoms with van der Waals surface area (Å²) in [7, 11) is 0. The number of aromatic amines is 1. The lowest BCUT2D eigenvalue weighted by Crippen LogP contribution is -1.99. The highest BCUT2D eigenvalue weighted by Crippen LogP contribution is 2.23. The van der Waals surface area contributed by atoms with E-state index in [1.807, 2.05) is 6.07 Å². The summed E-state index contributed by atoms with van der Waals surface area (Å²) >= 11 is 3.48. The van der Waals surface area contributed by atoms with Gasteiger partial charge in [-0.2, -0.15) is 5.10 Å². The molecule has 0 amide bonds. The quantitative estimate of drug-likeness (QED) is 0.769. The predicted octanol–water partition coefficient (Wildman–Crippen LogP) is 3.94. The molecule has 4 heteroatoms. The third-order valence-corrected chi connectivity index (χ3v) is 3.34. The van der Waals surface area contributed by atoms with Gasteiger partial charge in [0.15, 0.2) is 0 Å². The van der Waals surface area contributed by atoms with Crippen LogP contribution in [0.25, 0.3) is 10.8 Å². The average Bonchev–Trinajstić information content (AvgIpc) is 2.89. The van der Waals surface area contributed by atoms with Gasteiger partial charge in [0.1, 0.15) is 0 Å². The van der Waals surface area contributed by atoms with Crippen LogP contribution in [0, 0.1) is 0 Å². The molecule has 0 bridgehead atoms. The summed E-state index contributed by atoms with van der Waals surface area (Å²) < 4.78 is 1.10. The van der Waals surface area contributed by atoms with E-state index < -0.39 is 0 Å². The Hall–Kier alpha value is -1.81. The second-order valence-corrected chi connectivity index (χ2v) is 5.06. The fourth-order valence-corrected chi connectivity index (χ4v) is 2.29. The molecule has 1 heterocycles. The highest BCUT2D eigenvalue weighted by atomic mass is 79.9. The van der Waals surface area contributed by atoms with Crippen LogP contribution in [-0.4, -0.2) is 10.2 Å². The van der Waals surface area contributed by atoms with E-state index in [2.05, 4.69) is 67.8 Å². The Bertz CT molecular complexity index is 662. The lowest BCUT2D eigenvalue weighted by Gasteiger charge is -2.06. The summed E-state index contributed by atoms with van der Waals surface area (Å²) in [5, 5.41) is 12.7. The molecule has 0 spiro atoms. The number of hydrogen-bond acceptors (Lipinski definition) is 2. The maximum absolute atomic E-state index is 3.92. The van der Waals surface area contributed by atoms with Gasteiger partial charge in [0.2, 0.25) is 0 Å². The molecule has 0 atom stereocenters. The summed E-state index contributed by atoms with van der Waals surface area (Å²) in [5.41, 5.74) is 2.19. The van der Waals surface area contributed by atoms with Gasteiger partial charge in [0.05, 0.1) is 12.2 Å². The smallest absolute Gasteiger partial charge is 0.0567 e. The molecule has 0 saturated carbocycles. The molecule has 0 unspecified atom stereocenters. The normalized spacial score (nSPS) is 10.7. The van der Waals surface area contributed by atoms with Crippen LogP contribution in [0.5, 0.6) is 0 Å². The van der Waals surface area contributed by atoms with Crippen molar-refractivity contribution in [3.05, 3.63) is 58.8 Å². The zero-order valence-corrected chi connectivity index (χ0v) is 11.2. The Balaban J connectivity index is 1.82. The van der Waals surface area contributed by atoms with E-state index in [1.165, 1.54) is 10.8 Å². The molecule has 0 aliphatic heterocycles. The molecule has 1 aromatic heterocycles. The van der Waals surface area contributed by atoms with E-state index in [4.69, 9.17) is 0 Å². The molecule has 2 N–H and O–H groups in total. The molecule has 18 heavy (non-hydrogen) atoms. The molecule has 2 aromatic carbocycles. The maximum Gasteiger partial charge on any atom is 0.0567 e. The number of anilines is 1. The van der Waals surface area contributed by atoms with Crippen LogP contribution in [0.4, 0.5) is 5.69 Å². The highest BCUT2D eigenvalue weighted by Gasteiger charge is 1.98. The van der Waals surface area contributed by atoms with Crippen molar-refractivity contribution in [2.45, 2.75) is 6.54 Å². The number of halogens is 1. The Kier molecular flexibility index (Phi) is 3.02. The molecule has 0 aliphatic rings. The Morgan fingerprint density at radius 1 is 1.06 bits per heavy atom. The van der Waals surface area contributed by atoms with Crippen LogP contribution in [0.1, 0.15) is 5.69 Å². The van der Waals surface area contributed by atoms with Gasteiger partial charge >= 0.3 is 0 Å². The van der Waals surface area contributed by atoms with Crippen LogP contribution in [0.15, 0.2) is 53.1 Å². The monoisotopic (exact) mass is 301 g/mol. The van der Waals surface area contributed by atoms with Crippen molar-refractivity contribution in [1.82, 2.24) is 10.2 Å². The Morgan fingerprint density at radius 2 is 1.89 bits per heavy atom. The lowest BCUT2D eigenvalue weighted by molar-refractivity contribution is 0.982. The molecular weight excluding hydrogens is 290 g/mol. The van der Waals surface area contributed by atoms with Gasteiger partial charge in [-0.3, -0.25) is 5.10 Å². The third-order valence-electron chi connectivity index (χ3n) is 2.84. The lowest BCUT2D eigenvalue weighted by atomic mass is 10.1. The van der Waals surface area contributed by atoms with Gasteiger partial charge in [0, 0.05) is 16.4 Å². The van der Waals surface area contributed by atoms with Crippen molar-refractivity contribution in [2.75, 3.05) is 5.32 Å². The number of H-pyrrole nitrogens is 1. The fourth-order valence-electron chi connectivity index (χ4n) is 1.91. The molecule has 0 radical (unpaired) electrons. The van der Waals surface area contributed by atoms with E-state index in [0.717, 1.165) is 22.4 Å². The first-order valence-electron chi connectivity index (χ1n) is 5.73. The van der Waals surface area contributed by atoms with E-state index in [1.54, 1.807) is 6.20 Å². The van der Waals surface area contributed by atoms with Gasteiger partial charge in [-0.1, -0.05) is 28.1 Å². The Morgan fingerprint density at radius 3 is 2.72 bits per heavy atom. The zero-order valence-electron chi connectivity index (χ0n) is 9.65. The molecular formula is C14H12BrN3. The van der Waals surface area contributed by atoms with Gasteiger partial charge in [-0.05, 0) is 41.1 Å². The number of rotatable bonds is 3. The highest BCUT2D eigenvalue weighted by molar-refractivity contribution is 9.10. The maximum atomic E-state index is 3.92. The fraction of sp³-hybridized carbons (Fsp3) is 0.0714. The van der Waals surface area contributed by atoms with Crippen LogP contribution >= 0.6 is 15.9 Å². The SMILES string of the molecule is Brc1ccc2cc(NCc3ccn[nH]3)ccc2c1. The van der Waals surface area contributed by atoms with Crippen molar-refractivity contribution in [1.29, 1.82) is 0 Å². The minimum Gasteiger partial charge on any atom is -0.379 e. The second-order valence-electron chi connectivity index (χ2n) is 4.14. The summed E-state index contributed by atoms with van der Waals surface area (Å²) in [6, 6.07) is 14.6. The first-order valence-corrected chi connectivity index (χ1v) is 6.52. The van der Waals surface area contributed by atoms with Gasteiger partial charge < -0.3 is 5.32 Å². The largest absolute Gasteiger partial charge is 0.379 e. The first-order chi connectivity index (χ1) is 8.81. The van der Waals surface area contributed by atoms with Crippen molar-refractivity contribution in [2.24, 2.45) is 0 Å². The molecule has 0 saturated heterocycles. The number of nitrogens with one attached hydrogen (secondary N) is 2. The predicted molar refractivity (Wildman–Crippen MR) is 77.6 cm³/mol. The Labute approximate surface area is 113 Å². The molecule has 0 aliphatic carbocycles. The van der Waals surface area contributed by atoms with Crippen molar-refractivity contribution >= 4 is 32.4 Å². The van der Waals surface area contributed by atoms with Crippen molar-refractivity contribution in [3.8, 4) is 0 Å². The molecule has 0 fully saturated rings. The van der Waals surface area contributed by atoms with Crippen LogP contribution in [0.2, 0.25) is 0 Å². The average molecular weight is 302 g/mol. The van der Waals surface area contributed by atoms with Gasteiger partial charge in [-0.25, -0.2) is 0 Å². The van der Waals surface area contributed by atoms with Crippen LogP contribution < -0.4 is 5.32 Å². The minimum absolute atomic E-state index is 0.752. The number of benzene rings is 2. The standard InChI is InChI=1S/C14H12BrN3/c15-12-3-1-11-8-13(4-2-10(11)7-12)16-9-14-5-6-17-18-14/h1-8,16H,9H2,(H,17,18). The van der Waals surface area contributed by atoms with Crippen LogP contribution in [-0.2, 0) is 6.54 Å². The summed E-state index contributed by atoms with van der Waals surface area (Å²) in [4.78, 5) is 0. The zero-order chi connectivity index (χ0) is 12.4. The van der Waals surface area contributed by atoms with E-state index in [-0.39, 0.29) is 0 Å². The minimum atomic E-state index is 0.752. The molecule has 90 valence electrons. The summed E-state index contributed by atoms with van der Waals surface area (Å²) in [5.74, 6) is 0. The van der Waals surface area contributed by atoms with Crippen LogP contribution in [0.3, 0.4) is 0 Å². The number of aromatic nitrogens is 2. The molecule has 3 aromatic rings.